The third-order valence-corrected chi connectivity index (χ3v) is 3.38. The molecule has 8 heteroatoms. The lowest BCUT2D eigenvalue weighted by atomic mass is 10.1. The Balaban J connectivity index is 2.77. The summed E-state index contributed by atoms with van der Waals surface area (Å²) in [6.07, 6.45) is 0. The van der Waals surface area contributed by atoms with Crippen LogP contribution in [0.15, 0.2) is 30.3 Å². The average Bonchev–Trinajstić information content (AvgIpc) is 2.37. The van der Waals surface area contributed by atoms with Gasteiger partial charge in [-0.3, -0.25) is 4.79 Å². The van der Waals surface area contributed by atoms with Gasteiger partial charge in [0, 0.05) is 13.7 Å². The molecule has 0 amide bonds. The molecule has 1 atom stereocenters. The lowest BCUT2D eigenvalue weighted by Gasteiger charge is -2.15. The van der Waals surface area contributed by atoms with Gasteiger partial charge in [0.05, 0.1) is 6.61 Å². The highest BCUT2D eigenvalue weighted by molar-refractivity contribution is 7.87. The standard InChI is InChI=1S/C11H16N2O5S/c1-18-8-7-12-19(16,17)13-10(11(14)15)9-5-3-2-4-6-9/h2-6,10,12-13H,7-8H2,1H3,(H,14,15). The van der Waals surface area contributed by atoms with Gasteiger partial charge in [-0.15, -0.1) is 0 Å². The minimum absolute atomic E-state index is 0.0625. The monoisotopic (exact) mass is 288 g/mol. The number of hydrogen-bond acceptors (Lipinski definition) is 4. The molecule has 0 fully saturated rings. The summed E-state index contributed by atoms with van der Waals surface area (Å²) < 4.78 is 32.3. The normalized spacial score (nSPS) is 13.1. The fraction of sp³-hybridized carbons (Fsp3) is 0.364. The van der Waals surface area contributed by atoms with Crippen molar-refractivity contribution >= 4 is 16.2 Å². The molecule has 1 aromatic carbocycles. The summed E-state index contributed by atoms with van der Waals surface area (Å²) in [4.78, 5) is 11.1. The molecule has 1 rings (SSSR count). The second kappa shape index (κ2) is 7.19. The predicted molar refractivity (Wildman–Crippen MR) is 68.8 cm³/mol. The molecular weight excluding hydrogens is 272 g/mol. The number of aliphatic carboxylic acids is 1. The van der Waals surface area contributed by atoms with E-state index in [1.165, 1.54) is 19.2 Å². The van der Waals surface area contributed by atoms with Gasteiger partial charge < -0.3 is 9.84 Å². The molecule has 0 aliphatic heterocycles. The molecule has 19 heavy (non-hydrogen) atoms. The predicted octanol–water partition coefficient (Wildman–Crippen LogP) is -0.117. The minimum Gasteiger partial charge on any atom is -0.480 e. The highest BCUT2D eigenvalue weighted by Crippen LogP contribution is 2.13. The van der Waals surface area contributed by atoms with Crippen molar-refractivity contribution in [2.24, 2.45) is 0 Å². The smallest absolute Gasteiger partial charge is 0.326 e. The number of hydrogen-bond donors (Lipinski definition) is 3. The first-order valence-corrected chi connectivity index (χ1v) is 6.98. The van der Waals surface area contributed by atoms with Crippen LogP contribution in [0.2, 0.25) is 0 Å². The highest BCUT2D eigenvalue weighted by atomic mass is 32.2. The molecule has 1 unspecified atom stereocenters. The zero-order chi connectivity index (χ0) is 14.3. The van der Waals surface area contributed by atoms with Crippen molar-refractivity contribution in [1.82, 2.24) is 9.44 Å². The molecule has 0 saturated carbocycles. The molecule has 106 valence electrons. The Hall–Kier alpha value is -1.48. The Kier molecular flexibility index (Phi) is 5.90. The number of rotatable bonds is 8. The van der Waals surface area contributed by atoms with Crippen LogP contribution in [0.3, 0.4) is 0 Å². The number of nitrogens with one attached hydrogen (secondary N) is 2. The Bertz CT molecular complexity index is 503. The van der Waals surface area contributed by atoms with Gasteiger partial charge in [0.15, 0.2) is 0 Å². The second-order valence-electron chi connectivity index (χ2n) is 3.69. The van der Waals surface area contributed by atoms with Crippen LogP contribution in [0.1, 0.15) is 11.6 Å². The van der Waals surface area contributed by atoms with Crippen LogP contribution in [-0.4, -0.2) is 39.8 Å². The number of benzene rings is 1. The average molecular weight is 288 g/mol. The van der Waals surface area contributed by atoms with Gasteiger partial charge in [-0.05, 0) is 5.56 Å². The van der Waals surface area contributed by atoms with Crippen molar-refractivity contribution < 1.29 is 23.1 Å². The van der Waals surface area contributed by atoms with E-state index in [1.54, 1.807) is 18.2 Å². The Morgan fingerprint density at radius 1 is 1.37 bits per heavy atom. The lowest BCUT2D eigenvalue weighted by Crippen LogP contribution is -2.42. The Morgan fingerprint density at radius 2 is 2.00 bits per heavy atom. The molecule has 0 heterocycles. The molecular formula is C11H16N2O5S. The number of methoxy groups -OCH3 is 1. The molecule has 7 nitrogen and oxygen atoms in total. The van der Waals surface area contributed by atoms with Gasteiger partial charge in [0.25, 0.3) is 10.2 Å². The van der Waals surface area contributed by atoms with Crippen molar-refractivity contribution in [3.63, 3.8) is 0 Å². The summed E-state index contributed by atoms with van der Waals surface area (Å²) in [6.45, 7) is 0.261. The van der Waals surface area contributed by atoms with Crippen molar-refractivity contribution in [2.45, 2.75) is 6.04 Å². The van der Waals surface area contributed by atoms with Crippen LogP contribution >= 0.6 is 0 Å². The van der Waals surface area contributed by atoms with Crippen LogP contribution in [0.4, 0.5) is 0 Å². The first kappa shape index (κ1) is 15.6. The first-order valence-electron chi connectivity index (χ1n) is 5.50. The van der Waals surface area contributed by atoms with E-state index in [9.17, 15) is 13.2 Å². The fourth-order valence-electron chi connectivity index (χ4n) is 1.38. The third-order valence-electron chi connectivity index (χ3n) is 2.25. The lowest BCUT2D eigenvalue weighted by molar-refractivity contribution is -0.139. The topological polar surface area (TPSA) is 105 Å². The quantitative estimate of drug-likeness (QED) is 0.579. The van der Waals surface area contributed by atoms with Crippen LogP contribution in [0.25, 0.3) is 0 Å². The van der Waals surface area contributed by atoms with Crippen molar-refractivity contribution in [3.05, 3.63) is 35.9 Å². The molecule has 0 aliphatic rings. The maximum absolute atomic E-state index is 11.7. The maximum atomic E-state index is 11.7. The Labute approximate surface area is 111 Å². The summed E-state index contributed by atoms with van der Waals surface area (Å²) in [7, 11) is -2.47. The molecule has 0 radical (unpaired) electrons. The minimum atomic E-state index is -3.91. The SMILES string of the molecule is COCCNS(=O)(=O)NC(C(=O)O)c1ccccc1. The summed E-state index contributed by atoms with van der Waals surface area (Å²) >= 11 is 0. The van der Waals surface area contributed by atoms with Gasteiger partial charge in [0.1, 0.15) is 6.04 Å². The van der Waals surface area contributed by atoms with E-state index < -0.39 is 22.2 Å². The molecule has 0 aliphatic carbocycles. The summed E-state index contributed by atoms with van der Waals surface area (Å²) in [5.74, 6) is -1.27. The number of carboxylic acids is 1. The van der Waals surface area contributed by atoms with Gasteiger partial charge in [0.2, 0.25) is 0 Å². The van der Waals surface area contributed by atoms with E-state index in [-0.39, 0.29) is 13.2 Å². The Morgan fingerprint density at radius 3 is 2.53 bits per heavy atom. The van der Waals surface area contributed by atoms with E-state index in [4.69, 9.17) is 9.84 Å². The maximum Gasteiger partial charge on any atom is 0.326 e. The van der Waals surface area contributed by atoms with Crippen LogP contribution < -0.4 is 9.44 Å². The van der Waals surface area contributed by atoms with Crippen molar-refractivity contribution in [3.8, 4) is 0 Å². The highest BCUT2D eigenvalue weighted by Gasteiger charge is 2.25. The molecule has 0 spiro atoms. The number of carboxylic acid groups (broad SMARTS) is 1. The van der Waals surface area contributed by atoms with Crippen LogP contribution in [-0.2, 0) is 19.7 Å². The molecule has 0 saturated heterocycles. The van der Waals surface area contributed by atoms with E-state index in [0.29, 0.717) is 5.56 Å². The van der Waals surface area contributed by atoms with Crippen molar-refractivity contribution in [2.75, 3.05) is 20.3 Å². The molecule has 1 aromatic rings. The fourth-order valence-corrected chi connectivity index (χ4v) is 2.36. The molecule has 0 aromatic heterocycles. The zero-order valence-electron chi connectivity index (χ0n) is 10.4. The zero-order valence-corrected chi connectivity index (χ0v) is 11.2. The van der Waals surface area contributed by atoms with Crippen molar-refractivity contribution in [1.29, 1.82) is 0 Å². The van der Waals surface area contributed by atoms with Gasteiger partial charge in [-0.2, -0.15) is 17.9 Å². The summed E-state index contributed by atoms with van der Waals surface area (Å²) in [6, 6.07) is 6.73. The first-order chi connectivity index (χ1) is 8.96. The van der Waals surface area contributed by atoms with E-state index in [1.807, 2.05) is 0 Å². The third kappa shape index (κ3) is 5.35. The van der Waals surface area contributed by atoms with Gasteiger partial charge >= 0.3 is 5.97 Å². The van der Waals surface area contributed by atoms with Crippen LogP contribution in [0.5, 0.6) is 0 Å². The second-order valence-corrected chi connectivity index (χ2v) is 5.22. The largest absolute Gasteiger partial charge is 0.480 e. The van der Waals surface area contributed by atoms with E-state index in [0.717, 1.165) is 0 Å². The number of carbonyl (C=O) groups is 1. The van der Waals surface area contributed by atoms with Gasteiger partial charge in [-0.1, -0.05) is 30.3 Å². The summed E-state index contributed by atoms with van der Waals surface area (Å²) in [5.41, 5.74) is 0.354. The van der Waals surface area contributed by atoms with Gasteiger partial charge in [-0.25, -0.2) is 0 Å². The van der Waals surface area contributed by atoms with Crippen LogP contribution in [0, 0.1) is 0 Å². The molecule has 3 N–H and O–H groups in total. The van der Waals surface area contributed by atoms with E-state index in [2.05, 4.69) is 9.44 Å². The number of ether oxygens (including phenoxy) is 1. The van der Waals surface area contributed by atoms with E-state index >= 15 is 0 Å². The molecule has 0 bridgehead atoms. The summed E-state index contributed by atoms with van der Waals surface area (Å²) in [5, 5.41) is 9.08.